The summed E-state index contributed by atoms with van der Waals surface area (Å²) < 4.78 is 6.06. The summed E-state index contributed by atoms with van der Waals surface area (Å²) in [5.41, 5.74) is 2.29. The van der Waals surface area contributed by atoms with E-state index in [0.717, 1.165) is 17.5 Å². The third-order valence-corrected chi connectivity index (χ3v) is 10.1. The molecule has 0 unspecified atom stereocenters. The van der Waals surface area contributed by atoms with Crippen LogP contribution in [0.2, 0.25) is 18.1 Å². The van der Waals surface area contributed by atoms with Crippen LogP contribution in [0.3, 0.4) is 0 Å². The van der Waals surface area contributed by atoms with E-state index in [4.69, 9.17) is 9.53 Å². The van der Waals surface area contributed by atoms with Crippen molar-refractivity contribution in [1.82, 2.24) is 0 Å². The van der Waals surface area contributed by atoms with Crippen LogP contribution in [-0.2, 0) is 4.43 Å². The molecule has 1 N–H and O–H groups in total. The molecule has 0 atom stereocenters. The van der Waals surface area contributed by atoms with Crippen LogP contribution in [0, 0.1) is 0 Å². The van der Waals surface area contributed by atoms with Gasteiger partial charge in [-0.05, 0) is 54.2 Å². The zero-order chi connectivity index (χ0) is 20.3. The van der Waals surface area contributed by atoms with Crippen LogP contribution in [0.15, 0.2) is 54.6 Å². The van der Waals surface area contributed by atoms with E-state index < -0.39 is 8.32 Å². The number of phenols is 1. The summed E-state index contributed by atoms with van der Waals surface area (Å²) in [5, 5.41) is 10.6. The van der Waals surface area contributed by atoms with Gasteiger partial charge in [0.1, 0.15) is 5.75 Å². The fourth-order valence-corrected chi connectivity index (χ4v) is 3.69. The average Bonchev–Trinajstić information content (AvgIpc) is 2.62. The summed E-state index contributed by atoms with van der Waals surface area (Å²) in [5.74, 6) is 0.305. The number of alkyl halides is 1. The SMILES string of the molecule is CC(C)(C)[Si](C)(C)OCCCCCBr.Oc1ccc(-c2ccccc2)cc1. The molecule has 0 aliphatic rings. The summed E-state index contributed by atoms with van der Waals surface area (Å²) in [7, 11) is -1.48. The number of halogens is 1. The zero-order valence-corrected chi connectivity index (χ0v) is 20.1. The molecule has 2 rings (SSSR count). The molecule has 0 fully saturated rings. The normalized spacial score (nSPS) is 11.6. The molecule has 0 aliphatic carbocycles. The molecular formula is C23H35BrO2Si. The van der Waals surface area contributed by atoms with E-state index in [1.165, 1.54) is 24.8 Å². The highest BCUT2D eigenvalue weighted by molar-refractivity contribution is 9.09. The monoisotopic (exact) mass is 450 g/mol. The maximum absolute atomic E-state index is 9.10. The van der Waals surface area contributed by atoms with Crippen molar-refractivity contribution >= 4 is 24.2 Å². The fraction of sp³-hybridized carbons (Fsp3) is 0.478. The molecule has 0 saturated carbocycles. The van der Waals surface area contributed by atoms with Crippen LogP contribution in [0.1, 0.15) is 40.0 Å². The lowest BCUT2D eigenvalue weighted by Gasteiger charge is -2.36. The molecule has 0 saturated heterocycles. The third kappa shape index (κ3) is 9.09. The van der Waals surface area contributed by atoms with Crippen LogP contribution < -0.4 is 0 Å². The number of hydrogen-bond acceptors (Lipinski definition) is 2. The van der Waals surface area contributed by atoms with E-state index in [1.54, 1.807) is 12.1 Å². The van der Waals surface area contributed by atoms with Gasteiger partial charge in [-0.3, -0.25) is 0 Å². The van der Waals surface area contributed by atoms with Gasteiger partial charge in [0.25, 0.3) is 0 Å². The van der Waals surface area contributed by atoms with E-state index in [2.05, 4.69) is 49.8 Å². The van der Waals surface area contributed by atoms with Crippen molar-refractivity contribution in [2.24, 2.45) is 0 Å². The lowest BCUT2D eigenvalue weighted by atomic mass is 10.1. The molecule has 0 radical (unpaired) electrons. The first-order valence-corrected chi connectivity index (χ1v) is 13.7. The smallest absolute Gasteiger partial charge is 0.191 e. The quantitative estimate of drug-likeness (QED) is 0.266. The molecule has 2 nitrogen and oxygen atoms in total. The maximum atomic E-state index is 9.10. The van der Waals surface area contributed by atoms with E-state index in [1.807, 2.05) is 42.5 Å². The van der Waals surface area contributed by atoms with Crippen molar-refractivity contribution in [3.8, 4) is 16.9 Å². The fourth-order valence-electron chi connectivity index (χ4n) is 2.20. The topological polar surface area (TPSA) is 29.5 Å². The molecule has 0 aromatic heterocycles. The zero-order valence-electron chi connectivity index (χ0n) is 17.5. The molecule has 0 heterocycles. The second kappa shape index (κ2) is 11.7. The second-order valence-electron chi connectivity index (χ2n) is 8.27. The van der Waals surface area contributed by atoms with E-state index in [0.29, 0.717) is 10.8 Å². The van der Waals surface area contributed by atoms with Gasteiger partial charge in [-0.1, -0.05) is 85.6 Å². The lowest BCUT2D eigenvalue weighted by molar-refractivity contribution is 0.279. The molecule has 0 bridgehead atoms. The van der Waals surface area contributed by atoms with Gasteiger partial charge in [0.2, 0.25) is 0 Å². The average molecular weight is 452 g/mol. The van der Waals surface area contributed by atoms with E-state index in [9.17, 15) is 0 Å². The Morgan fingerprint density at radius 2 is 1.41 bits per heavy atom. The standard InChI is InChI=1S/C12H10O.C11H25BrOSi/c13-12-8-6-11(7-9-12)10-4-2-1-3-5-10;1-11(2,3)14(4,5)13-10-8-6-7-9-12/h1-9,13H;6-10H2,1-5H3. The largest absolute Gasteiger partial charge is 0.508 e. The van der Waals surface area contributed by atoms with Crippen LogP contribution in [-0.4, -0.2) is 25.4 Å². The predicted octanol–water partition coefficient (Wildman–Crippen LogP) is 7.63. The summed E-state index contributed by atoms with van der Waals surface area (Å²) in [4.78, 5) is 0. The van der Waals surface area contributed by atoms with Gasteiger partial charge in [0.05, 0.1) is 0 Å². The van der Waals surface area contributed by atoms with E-state index >= 15 is 0 Å². The van der Waals surface area contributed by atoms with Gasteiger partial charge in [0, 0.05) is 11.9 Å². The Bertz CT molecular complexity index is 634. The molecule has 2 aromatic rings. The Labute approximate surface area is 175 Å². The molecular weight excluding hydrogens is 416 g/mol. The van der Waals surface area contributed by atoms with Gasteiger partial charge in [-0.15, -0.1) is 0 Å². The van der Waals surface area contributed by atoms with Gasteiger partial charge in [-0.25, -0.2) is 0 Å². The number of rotatable bonds is 7. The van der Waals surface area contributed by atoms with Crippen molar-refractivity contribution in [3.05, 3.63) is 54.6 Å². The van der Waals surface area contributed by atoms with Gasteiger partial charge in [0.15, 0.2) is 8.32 Å². The molecule has 0 amide bonds. The number of phenolic OH excluding ortho intramolecular Hbond substituents is 1. The number of aromatic hydroxyl groups is 1. The molecule has 27 heavy (non-hydrogen) atoms. The van der Waals surface area contributed by atoms with Crippen molar-refractivity contribution in [2.45, 2.75) is 58.2 Å². The minimum Gasteiger partial charge on any atom is -0.508 e. The van der Waals surface area contributed by atoms with Crippen LogP contribution in [0.4, 0.5) is 0 Å². The minimum atomic E-state index is -1.48. The first-order valence-electron chi connectivity index (χ1n) is 9.72. The summed E-state index contributed by atoms with van der Waals surface area (Å²) >= 11 is 3.44. The van der Waals surface area contributed by atoms with Crippen LogP contribution in [0.25, 0.3) is 11.1 Å². The molecule has 0 spiro atoms. The Balaban J connectivity index is 0.000000270. The number of unbranched alkanes of at least 4 members (excludes halogenated alkanes) is 2. The Kier molecular flexibility index (Phi) is 10.3. The summed E-state index contributed by atoms with van der Waals surface area (Å²) in [6.45, 7) is 12.4. The lowest BCUT2D eigenvalue weighted by Crippen LogP contribution is -2.40. The Morgan fingerprint density at radius 3 is 1.93 bits per heavy atom. The third-order valence-electron chi connectivity index (χ3n) is 5.02. The van der Waals surface area contributed by atoms with Crippen molar-refractivity contribution in [1.29, 1.82) is 0 Å². The first kappa shape index (κ1) is 23.9. The van der Waals surface area contributed by atoms with Crippen molar-refractivity contribution in [3.63, 3.8) is 0 Å². The molecule has 4 heteroatoms. The molecule has 2 aromatic carbocycles. The highest BCUT2D eigenvalue weighted by Gasteiger charge is 2.36. The van der Waals surface area contributed by atoms with Gasteiger partial charge < -0.3 is 9.53 Å². The van der Waals surface area contributed by atoms with Gasteiger partial charge in [-0.2, -0.15) is 0 Å². The Morgan fingerprint density at radius 1 is 0.852 bits per heavy atom. The van der Waals surface area contributed by atoms with Crippen molar-refractivity contribution < 1.29 is 9.53 Å². The number of benzene rings is 2. The predicted molar refractivity (Wildman–Crippen MR) is 124 cm³/mol. The highest BCUT2D eigenvalue weighted by Crippen LogP contribution is 2.36. The minimum absolute atomic E-state index is 0.305. The number of hydrogen-bond donors (Lipinski definition) is 1. The van der Waals surface area contributed by atoms with E-state index in [-0.39, 0.29) is 0 Å². The molecule has 0 aliphatic heterocycles. The summed E-state index contributed by atoms with van der Waals surface area (Å²) in [6.07, 6.45) is 3.75. The first-order chi connectivity index (χ1) is 12.7. The molecule has 150 valence electrons. The second-order valence-corrected chi connectivity index (χ2v) is 13.9. The maximum Gasteiger partial charge on any atom is 0.191 e. The van der Waals surface area contributed by atoms with Crippen LogP contribution >= 0.6 is 15.9 Å². The highest BCUT2D eigenvalue weighted by atomic mass is 79.9. The summed E-state index contributed by atoms with van der Waals surface area (Å²) in [6, 6.07) is 17.3. The Hall–Kier alpha value is -1.10. The van der Waals surface area contributed by atoms with Crippen molar-refractivity contribution in [2.75, 3.05) is 11.9 Å². The van der Waals surface area contributed by atoms with Gasteiger partial charge >= 0.3 is 0 Å². The van der Waals surface area contributed by atoms with Crippen LogP contribution in [0.5, 0.6) is 5.75 Å².